The predicted molar refractivity (Wildman–Crippen MR) is 136 cm³/mol. The minimum Gasteiger partial charge on any atom is -0.475 e. The number of likely N-dealkylation sites (N-methyl/N-ethyl adjacent to an activating group) is 1. The average Bonchev–Trinajstić information content (AvgIpc) is 3.41. The number of anilines is 1. The van der Waals surface area contributed by atoms with Gasteiger partial charge in [0.05, 0.1) is 12.8 Å². The Kier molecular flexibility index (Phi) is 8.20. The van der Waals surface area contributed by atoms with Crippen LogP contribution in [0.5, 0.6) is 0 Å². The number of esters is 1. The molecule has 1 saturated heterocycles. The Balaban J connectivity index is 1.47. The topological polar surface area (TPSA) is 74.7 Å². The van der Waals surface area contributed by atoms with E-state index in [1.54, 1.807) is 12.1 Å². The third-order valence-corrected chi connectivity index (χ3v) is 6.76. The smallest absolute Gasteiger partial charge is 0.334 e. The number of methoxy groups -OCH3 is 1. The van der Waals surface area contributed by atoms with E-state index in [2.05, 4.69) is 9.89 Å². The first-order valence-corrected chi connectivity index (χ1v) is 12.4. The lowest BCUT2D eigenvalue weighted by Gasteiger charge is -2.41. The Morgan fingerprint density at radius 1 is 1.11 bits per heavy atom. The molecule has 2 aliphatic rings. The van der Waals surface area contributed by atoms with Crippen molar-refractivity contribution in [3.63, 3.8) is 0 Å². The molecule has 2 aliphatic heterocycles. The van der Waals surface area contributed by atoms with Crippen molar-refractivity contribution in [1.82, 2.24) is 9.80 Å². The van der Waals surface area contributed by atoms with Crippen LogP contribution < -0.4 is 4.90 Å². The number of carbonyl (C=O) groups excluding carboxylic acids is 2. The van der Waals surface area contributed by atoms with E-state index in [0.29, 0.717) is 50.5 Å². The van der Waals surface area contributed by atoms with E-state index >= 15 is 4.39 Å². The van der Waals surface area contributed by atoms with Crippen LogP contribution in [-0.2, 0) is 19.1 Å². The van der Waals surface area contributed by atoms with Crippen molar-refractivity contribution in [3.8, 4) is 0 Å². The minimum absolute atomic E-state index is 0.0854. The number of halogens is 1. The molecule has 36 heavy (non-hydrogen) atoms. The van der Waals surface area contributed by atoms with Crippen LogP contribution in [0.15, 0.2) is 53.5 Å². The monoisotopic (exact) mass is 496 g/mol. The molecule has 2 aromatic rings. The fourth-order valence-electron chi connectivity index (χ4n) is 4.76. The van der Waals surface area contributed by atoms with Crippen molar-refractivity contribution >= 4 is 23.5 Å². The van der Waals surface area contributed by atoms with Gasteiger partial charge in [-0.2, -0.15) is 0 Å². The number of carbonyl (C=O) groups is 2. The van der Waals surface area contributed by atoms with Crippen molar-refractivity contribution < 1.29 is 23.5 Å². The van der Waals surface area contributed by atoms with Crippen LogP contribution in [-0.4, -0.2) is 86.6 Å². The lowest BCUT2D eigenvalue weighted by molar-refractivity contribution is -0.142. The van der Waals surface area contributed by atoms with Crippen LogP contribution in [0.1, 0.15) is 31.0 Å². The second-order valence-corrected chi connectivity index (χ2v) is 8.80. The van der Waals surface area contributed by atoms with Gasteiger partial charge in [-0.3, -0.25) is 9.69 Å². The number of hydrogen-bond donors (Lipinski definition) is 0. The fourth-order valence-corrected chi connectivity index (χ4v) is 4.76. The molecular weight excluding hydrogens is 463 g/mol. The van der Waals surface area contributed by atoms with Crippen molar-refractivity contribution in [2.45, 2.75) is 25.9 Å². The Bertz CT molecular complexity index is 1100. The van der Waals surface area contributed by atoms with Gasteiger partial charge in [0.2, 0.25) is 11.8 Å². The molecule has 192 valence electrons. The largest absolute Gasteiger partial charge is 0.475 e. The normalized spacial score (nSPS) is 18.8. The summed E-state index contributed by atoms with van der Waals surface area (Å²) in [7, 11) is 1.30. The molecule has 1 fully saturated rings. The molecule has 9 heteroatoms. The maximum absolute atomic E-state index is 15.1. The van der Waals surface area contributed by atoms with Crippen molar-refractivity contribution in [2.24, 2.45) is 4.99 Å². The second kappa shape index (κ2) is 11.5. The van der Waals surface area contributed by atoms with E-state index in [1.165, 1.54) is 13.2 Å². The highest BCUT2D eigenvalue weighted by Crippen LogP contribution is 2.28. The number of ether oxygens (including phenoxy) is 2. The van der Waals surface area contributed by atoms with Crippen LogP contribution >= 0.6 is 0 Å². The van der Waals surface area contributed by atoms with Gasteiger partial charge < -0.3 is 19.3 Å². The maximum Gasteiger partial charge on any atom is 0.334 e. The third-order valence-electron chi connectivity index (χ3n) is 6.76. The summed E-state index contributed by atoms with van der Waals surface area (Å²) < 4.78 is 25.3. The number of piperazine rings is 1. The molecule has 0 aromatic heterocycles. The summed E-state index contributed by atoms with van der Waals surface area (Å²) in [5, 5.41) is 0. The molecule has 0 saturated carbocycles. The summed E-state index contributed by atoms with van der Waals surface area (Å²) in [5.41, 5.74) is 1.95. The molecule has 8 nitrogen and oxygen atoms in total. The number of aliphatic imine (C=N–C) groups is 1. The molecule has 0 aliphatic carbocycles. The summed E-state index contributed by atoms with van der Waals surface area (Å²) in [4.78, 5) is 35.4. The van der Waals surface area contributed by atoms with E-state index in [-0.39, 0.29) is 30.3 Å². The lowest BCUT2D eigenvalue weighted by Crippen LogP contribution is -2.52. The summed E-state index contributed by atoms with van der Waals surface area (Å²) in [6, 6.07) is 13.6. The van der Waals surface area contributed by atoms with Crippen LogP contribution in [0.3, 0.4) is 0 Å². The van der Waals surface area contributed by atoms with E-state index in [4.69, 9.17) is 9.47 Å². The van der Waals surface area contributed by atoms with Gasteiger partial charge in [0.1, 0.15) is 18.5 Å². The SMILES string of the molecule is CCN(CC)C(=O)C(c1ccccc1)N1CCN(c2ccc(C3=NC(C(=O)OC)CO3)cc2F)CC1. The van der Waals surface area contributed by atoms with Gasteiger partial charge in [-0.1, -0.05) is 30.3 Å². The molecule has 2 aromatic carbocycles. The van der Waals surface area contributed by atoms with E-state index in [9.17, 15) is 9.59 Å². The zero-order valence-electron chi connectivity index (χ0n) is 21.0. The zero-order valence-corrected chi connectivity index (χ0v) is 21.0. The van der Waals surface area contributed by atoms with Gasteiger partial charge in [-0.05, 0) is 37.6 Å². The van der Waals surface area contributed by atoms with Crippen LogP contribution in [0.2, 0.25) is 0 Å². The molecule has 2 atom stereocenters. The highest BCUT2D eigenvalue weighted by molar-refractivity contribution is 5.98. The Morgan fingerprint density at radius 2 is 1.81 bits per heavy atom. The number of hydrogen-bond acceptors (Lipinski definition) is 7. The minimum atomic E-state index is -0.725. The molecule has 2 unspecified atom stereocenters. The molecule has 4 rings (SSSR count). The average molecular weight is 497 g/mol. The van der Waals surface area contributed by atoms with Crippen LogP contribution in [0.4, 0.5) is 10.1 Å². The number of rotatable bonds is 8. The van der Waals surface area contributed by atoms with E-state index in [1.807, 2.05) is 54.0 Å². The maximum atomic E-state index is 15.1. The molecule has 0 spiro atoms. The molecule has 0 N–H and O–H groups in total. The zero-order chi connectivity index (χ0) is 25.7. The first-order valence-electron chi connectivity index (χ1n) is 12.4. The van der Waals surface area contributed by atoms with Gasteiger partial charge in [0.25, 0.3) is 0 Å². The van der Waals surface area contributed by atoms with E-state index < -0.39 is 12.0 Å². The van der Waals surface area contributed by atoms with Crippen LogP contribution in [0, 0.1) is 5.82 Å². The summed E-state index contributed by atoms with van der Waals surface area (Å²) in [6.45, 7) is 7.82. The van der Waals surface area contributed by atoms with Gasteiger partial charge in [-0.25, -0.2) is 14.2 Å². The molecule has 1 amide bonds. The Morgan fingerprint density at radius 3 is 2.42 bits per heavy atom. The number of nitrogens with zero attached hydrogens (tertiary/aromatic N) is 4. The van der Waals surface area contributed by atoms with Crippen molar-refractivity contribution in [3.05, 3.63) is 65.5 Å². The Labute approximate surface area is 211 Å². The van der Waals surface area contributed by atoms with Gasteiger partial charge >= 0.3 is 5.97 Å². The third kappa shape index (κ3) is 5.36. The van der Waals surface area contributed by atoms with Crippen molar-refractivity contribution in [2.75, 3.05) is 57.9 Å². The predicted octanol–water partition coefficient (Wildman–Crippen LogP) is 2.88. The molecular formula is C27H33FN4O4. The quantitative estimate of drug-likeness (QED) is 0.524. The molecule has 0 radical (unpaired) electrons. The first kappa shape index (κ1) is 25.6. The summed E-state index contributed by atoms with van der Waals surface area (Å²) >= 11 is 0. The van der Waals surface area contributed by atoms with E-state index in [0.717, 1.165) is 5.56 Å². The second-order valence-electron chi connectivity index (χ2n) is 8.80. The van der Waals surface area contributed by atoms with Gasteiger partial charge in [0, 0.05) is 44.8 Å². The van der Waals surface area contributed by atoms with Gasteiger partial charge in [0.15, 0.2) is 6.04 Å². The molecule has 0 bridgehead atoms. The van der Waals surface area contributed by atoms with Crippen molar-refractivity contribution in [1.29, 1.82) is 0 Å². The highest BCUT2D eigenvalue weighted by atomic mass is 19.1. The highest BCUT2D eigenvalue weighted by Gasteiger charge is 2.33. The standard InChI is InChI=1S/C27H33FN4O4/c1-4-30(5-2)26(33)24(19-9-7-6-8-10-19)32-15-13-31(14-16-32)23-12-11-20(17-21(23)28)25-29-22(18-36-25)27(34)35-3/h6-12,17,22,24H,4-5,13-16,18H2,1-3H3. The number of amides is 1. The fraction of sp³-hybridized carbons (Fsp3) is 0.444. The van der Waals surface area contributed by atoms with Crippen LogP contribution in [0.25, 0.3) is 0 Å². The Hall–Kier alpha value is -3.46. The number of benzene rings is 2. The summed E-state index contributed by atoms with van der Waals surface area (Å²) in [5.74, 6) is -0.528. The lowest BCUT2D eigenvalue weighted by atomic mass is 10.0. The van der Waals surface area contributed by atoms with Gasteiger partial charge in [-0.15, -0.1) is 0 Å². The summed E-state index contributed by atoms with van der Waals surface area (Å²) in [6.07, 6.45) is 0. The first-order chi connectivity index (χ1) is 17.5. The molecule has 2 heterocycles.